The highest BCUT2D eigenvalue weighted by molar-refractivity contribution is 6.73. The average molecular weight is 333 g/mol. The second-order valence-corrected chi connectivity index (χ2v) is 15.5. The number of rotatable bonds is 10. The highest BCUT2D eigenvalue weighted by atomic mass is 28.4. The minimum absolute atomic E-state index is 0.785. The lowest BCUT2D eigenvalue weighted by Crippen LogP contribution is -2.45. The van der Waals surface area contributed by atoms with E-state index in [1.54, 1.807) is 0 Å². The first-order valence-corrected chi connectivity index (χ1v) is 14.3. The summed E-state index contributed by atoms with van der Waals surface area (Å²) in [7, 11) is -3.05. The normalized spacial score (nSPS) is 18.6. The number of nitrogens with zero attached hydrogens (tertiary/aromatic N) is 2. The molecule has 1 fully saturated rings. The lowest BCUT2D eigenvalue weighted by Gasteiger charge is -2.31. The molecule has 0 unspecified atom stereocenters. The smallest absolute Gasteiger partial charge is 0.337 e. The van der Waals surface area contributed by atoms with Crippen molar-refractivity contribution in [2.45, 2.75) is 58.9 Å². The monoisotopic (exact) mass is 332 g/mol. The Morgan fingerprint density at radius 2 is 1.57 bits per heavy atom. The SMILES string of the molecule is CCO[Si](CC)(CCCN1CCN([Si](C)(C)C)C1)OCC. The Bertz CT molecular complexity index is 292. The standard InChI is InChI=1S/C15H36N2O2Si2/c1-7-18-21(9-3,19-8-2)14-10-11-16-12-13-17(15-16)20(4,5)6/h7-15H2,1-6H3. The topological polar surface area (TPSA) is 24.9 Å². The van der Waals surface area contributed by atoms with Gasteiger partial charge < -0.3 is 13.4 Å². The molecule has 6 heteroatoms. The summed E-state index contributed by atoms with van der Waals surface area (Å²) in [6.07, 6.45) is 1.21. The van der Waals surface area contributed by atoms with E-state index in [0.29, 0.717) is 0 Å². The summed E-state index contributed by atoms with van der Waals surface area (Å²) in [5, 5.41) is 0. The lowest BCUT2D eigenvalue weighted by atomic mass is 10.4. The summed E-state index contributed by atoms with van der Waals surface area (Å²) in [4.78, 5) is 2.60. The van der Waals surface area contributed by atoms with E-state index in [4.69, 9.17) is 8.85 Å². The Labute approximate surface area is 134 Å². The van der Waals surface area contributed by atoms with Gasteiger partial charge in [0.05, 0.1) is 0 Å². The van der Waals surface area contributed by atoms with Gasteiger partial charge in [0.15, 0.2) is 0 Å². The van der Waals surface area contributed by atoms with Gasteiger partial charge in [0.2, 0.25) is 0 Å². The van der Waals surface area contributed by atoms with Gasteiger partial charge in [0.25, 0.3) is 0 Å². The van der Waals surface area contributed by atoms with E-state index in [2.05, 4.69) is 49.9 Å². The first-order chi connectivity index (χ1) is 9.87. The molecule has 0 aliphatic carbocycles. The maximum absolute atomic E-state index is 6.05. The first-order valence-electron chi connectivity index (χ1n) is 8.62. The van der Waals surface area contributed by atoms with E-state index in [-0.39, 0.29) is 0 Å². The molecule has 1 heterocycles. The fraction of sp³-hybridized carbons (Fsp3) is 1.00. The summed E-state index contributed by atoms with van der Waals surface area (Å²) in [6.45, 7) is 20.1. The van der Waals surface area contributed by atoms with Crippen LogP contribution in [0.25, 0.3) is 0 Å². The highest BCUT2D eigenvalue weighted by Gasteiger charge is 2.35. The van der Waals surface area contributed by atoms with Crippen molar-refractivity contribution in [2.24, 2.45) is 0 Å². The lowest BCUT2D eigenvalue weighted by molar-refractivity contribution is 0.180. The van der Waals surface area contributed by atoms with Crippen LogP contribution in [0.3, 0.4) is 0 Å². The molecular formula is C15H36N2O2Si2. The van der Waals surface area contributed by atoms with Gasteiger partial charge >= 0.3 is 8.56 Å². The molecule has 1 aliphatic heterocycles. The van der Waals surface area contributed by atoms with Crippen molar-refractivity contribution in [2.75, 3.05) is 39.5 Å². The molecule has 0 saturated carbocycles. The molecule has 21 heavy (non-hydrogen) atoms. The van der Waals surface area contributed by atoms with Crippen molar-refractivity contribution in [3.63, 3.8) is 0 Å². The van der Waals surface area contributed by atoms with Crippen LogP contribution in [-0.2, 0) is 8.85 Å². The van der Waals surface area contributed by atoms with E-state index in [1.807, 2.05) is 0 Å². The second-order valence-electron chi connectivity index (χ2n) is 6.93. The van der Waals surface area contributed by atoms with Crippen LogP contribution < -0.4 is 0 Å². The van der Waals surface area contributed by atoms with Crippen LogP contribution in [0.15, 0.2) is 0 Å². The maximum atomic E-state index is 6.05. The second kappa shape index (κ2) is 8.79. The molecule has 1 saturated heterocycles. The van der Waals surface area contributed by atoms with Gasteiger partial charge in [0, 0.05) is 33.0 Å². The quantitative estimate of drug-likeness (QED) is 0.573. The third kappa shape index (κ3) is 6.11. The minimum Gasteiger partial charge on any atom is -0.394 e. The molecule has 0 radical (unpaired) electrons. The van der Waals surface area contributed by atoms with E-state index < -0.39 is 16.8 Å². The molecule has 4 nitrogen and oxygen atoms in total. The molecule has 0 N–H and O–H groups in total. The van der Waals surface area contributed by atoms with Gasteiger partial charge in [-0.15, -0.1) is 0 Å². The molecule has 1 rings (SSSR count). The molecule has 0 bridgehead atoms. The predicted octanol–water partition coefficient (Wildman–Crippen LogP) is 3.32. The Morgan fingerprint density at radius 3 is 2.00 bits per heavy atom. The molecule has 0 spiro atoms. The Morgan fingerprint density at radius 1 is 0.952 bits per heavy atom. The van der Waals surface area contributed by atoms with Gasteiger partial charge in [0.1, 0.15) is 8.24 Å². The van der Waals surface area contributed by atoms with Gasteiger partial charge in [-0.3, -0.25) is 4.90 Å². The van der Waals surface area contributed by atoms with Crippen LogP contribution in [0.2, 0.25) is 31.7 Å². The third-order valence-corrected chi connectivity index (χ3v) is 10.5. The van der Waals surface area contributed by atoms with Crippen molar-refractivity contribution >= 4 is 16.8 Å². The van der Waals surface area contributed by atoms with Crippen LogP contribution in [-0.4, -0.2) is 65.8 Å². The number of hydrogen-bond donors (Lipinski definition) is 0. The van der Waals surface area contributed by atoms with Gasteiger partial charge in [-0.2, -0.15) is 0 Å². The summed E-state index contributed by atoms with van der Waals surface area (Å²) >= 11 is 0. The zero-order chi connectivity index (χ0) is 15.9. The zero-order valence-electron chi connectivity index (χ0n) is 15.1. The molecule has 0 aromatic carbocycles. The van der Waals surface area contributed by atoms with E-state index >= 15 is 0 Å². The van der Waals surface area contributed by atoms with Gasteiger partial charge in [-0.25, -0.2) is 0 Å². The number of hydrogen-bond acceptors (Lipinski definition) is 4. The molecule has 0 amide bonds. The van der Waals surface area contributed by atoms with E-state index in [0.717, 1.165) is 25.3 Å². The van der Waals surface area contributed by atoms with Crippen molar-refractivity contribution in [1.29, 1.82) is 0 Å². The molecule has 0 aromatic rings. The van der Waals surface area contributed by atoms with Crippen LogP contribution in [0.5, 0.6) is 0 Å². The van der Waals surface area contributed by atoms with Gasteiger partial charge in [-0.1, -0.05) is 26.6 Å². The first kappa shape index (κ1) is 19.3. The molecule has 126 valence electrons. The fourth-order valence-electron chi connectivity index (χ4n) is 3.04. The fourth-order valence-corrected chi connectivity index (χ4v) is 7.32. The minimum atomic E-state index is -1.93. The summed E-state index contributed by atoms with van der Waals surface area (Å²) < 4.78 is 14.8. The van der Waals surface area contributed by atoms with Gasteiger partial charge in [-0.05, 0) is 38.9 Å². The summed E-state index contributed by atoms with van der Waals surface area (Å²) in [6, 6.07) is 2.20. The predicted molar refractivity (Wildman–Crippen MR) is 95.4 cm³/mol. The molecule has 0 atom stereocenters. The van der Waals surface area contributed by atoms with Crippen LogP contribution in [0.4, 0.5) is 0 Å². The summed E-state index contributed by atoms with van der Waals surface area (Å²) in [5.74, 6) is 0. The van der Waals surface area contributed by atoms with E-state index in [1.165, 1.54) is 32.7 Å². The van der Waals surface area contributed by atoms with Crippen LogP contribution in [0, 0.1) is 0 Å². The molecular weight excluding hydrogens is 296 g/mol. The van der Waals surface area contributed by atoms with E-state index in [9.17, 15) is 0 Å². The van der Waals surface area contributed by atoms with Crippen LogP contribution in [0.1, 0.15) is 27.2 Å². The zero-order valence-corrected chi connectivity index (χ0v) is 17.1. The Kier molecular flexibility index (Phi) is 8.09. The largest absolute Gasteiger partial charge is 0.394 e. The molecule has 1 aliphatic rings. The van der Waals surface area contributed by atoms with Crippen molar-refractivity contribution < 1.29 is 8.85 Å². The average Bonchev–Trinajstić information content (AvgIpc) is 2.88. The van der Waals surface area contributed by atoms with Crippen molar-refractivity contribution in [1.82, 2.24) is 9.47 Å². The van der Waals surface area contributed by atoms with Crippen molar-refractivity contribution in [3.8, 4) is 0 Å². The van der Waals surface area contributed by atoms with Crippen molar-refractivity contribution in [3.05, 3.63) is 0 Å². The van der Waals surface area contributed by atoms with Crippen LogP contribution >= 0.6 is 0 Å². The highest BCUT2D eigenvalue weighted by Crippen LogP contribution is 2.22. The Balaban J connectivity index is 2.38. The maximum Gasteiger partial charge on any atom is 0.337 e. The summed E-state index contributed by atoms with van der Waals surface area (Å²) in [5.41, 5.74) is 0. The molecule has 0 aromatic heterocycles. The third-order valence-electron chi connectivity index (χ3n) is 4.39. The Hall–Kier alpha value is 0.274.